The predicted octanol–water partition coefficient (Wildman–Crippen LogP) is 3.94. The van der Waals surface area contributed by atoms with Gasteiger partial charge in [-0.3, -0.25) is 4.68 Å². The van der Waals surface area contributed by atoms with E-state index >= 15 is 0 Å². The van der Waals surface area contributed by atoms with Gasteiger partial charge in [-0.2, -0.15) is 5.10 Å². The lowest BCUT2D eigenvalue weighted by atomic mass is 10.00. The van der Waals surface area contributed by atoms with Gasteiger partial charge in [0.1, 0.15) is 0 Å². The minimum absolute atomic E-state index is 0.452. The maximum atomic E-state index is 4.42. The smallest absolute Gasteiger partial charge is 0.0571 e. The number of aryl methyl sites for hydroxylation is 1. The molecule has 0 spiro atoms. The van der Waals surface area contributed by atoms with Gasteiger partial charge in [-0.15, -0.1) is 0 Å². The Hall–Kier alpha value is -1.61. The van der Waals surface area contributed by atoms with Crippen molar-refractivity contribution in [3.05, 3.63) is 41.7 Å². The Kier molecular flexibility index (Phi) is 4.96. The summed E-state index contributed by atoms with van der Waals surface area (Å²) in [6.07, 6.45) is 3.08. The average molecular weight is 271 g/mol. The van der Waals surface area contributed by atoms with Crippen molar-refractivity contribution in [2.45, 2.75) is 46.7 Å². The molecule has 2 aromatic rings. The summed E-state index contributed by atoms with van der Waals surface area (Å²) in [6.45, 7) is 10.5. The number of aromatic nitrogens is 2. The number of nitrogens with one attached hydrogen (secondary N) is 1. The molecule has 1 N–H and O–H groups in total. The van der Waals surface area contributed by atoms with Crippen LogP contribution < -0.4 is 5.32 Å². The molecule has 108 valence electrons. The Balaban J connectivity index is 2.25. The van der Waals surface area contributed by atoms with Gasteiger partial charge in [-0.1, -0.05) is 38.1 Å². The summed E-state index contributed by atoms with van der Waals surface area (Å²) in [5.41, 5.74) is 5.07. The van der Waals surface area contributed by atoms with Crippen LogP contribution in [-0.4, -0.2) is 16.3 Å². The molecule has 0 saturated heterocycles. The van der Waals surface area contributed by atoms with E-state index in [1.807, 2.05) is 10.9 Å². The van der Waals surface area contributed by atoms with E-state index in [0.29, 0.717) is 6.04 Å². The highest BCUT2D eigenvalue weighted by Crippen LogP contribution is 2.25. The van der Waals surface area contributed by atoms with Gasteiger partial charge in [-0.05, 0) is 37.9 Å². The Morgan fingerprint density at radius 1 is 1.15 bits per heavy atom. The zero-order valence-electron chi connectivity index (χ0n) is 13.0. The van der Waals surface area contributed by atoms with E-state index in [1.165, 1.54) is 22.4 Å². The third kappa shape index (κ3) is 2.93. The van der Waals surface area contributed by atoms with Gasteiger partial charge in [0.15, 0.2) is 0 Å². The number of nitrogens with zero attached hydrogens (tertiary/aromatic N) is 2. The number of benzene rings is 1. The Morgan fingerprint density at radius 2 is 1.85 bits per heavy atom. The summed E-state index contributed by atoms with van der Waals surface area (Å²) in [7, 11) is 0. The average Bonchev–Trinajstić information content (AvgIpc) is 2.86. The highest BCUT2D eigenvalue weighted by molar-refractivity contribution is 5.65. The van der Waals surface area contributed by atoms with Crippen LogP contribution in [0.5, 0.6) is 0 Å². The monoisotopic (exact) mass is 271 g/mol. The molecule has 1 heterocycles. The van der Waals surface area contributed by atoms with Crippen LogP contribution in [0.15, 0.2) is 30.5 Å². The highest BCUT2D eigenvalue weighted by atomic mass is 15.3. The fourth-order valence-corrected chi connectivity index (χ4v) is 2.69. The summed E-state index contributed by atoms with van der Waals surface area (Å²) in [6, 6.07) is 9.33. The van der Waals surface area contributed by atoms with Crippen LogP contribution in [-0.2, 0) is 6.54 Å². The van der Waals surface area contributed by atoms with Crippen molar-refractivity contribution in [1.29, 1.82) is 0 Å². The lowest BCUT2D eigenvalue weighted by molar-refractivity contribution is 0.537. The maximum absolute atomic E-state index is 4.42. The second kappa shape index (κ2) is 6.71. The molecule has 0 radical (unpaired) electrons. The zero-order chi connectivity index (χ0) is 14.5. The predicted molar refractivity (Wildman–Crippen MR) is 84.8 cm³/mol. The standard InChI is InChI=1S/C17H25N3/c1-5-17(18-6-2)15-10-8-14(9-11-15)16-12-19-20(7-3)13(16)4/h8-12,17-18H,5-7H2,1-4H3. The van der Waals surface area contributed by atoms with E-state index < -0.39 is 0 Å². The van der Waals surface area contributed by atoms with Crippen molar-refractivity contribution in [3.8, 4) is 11.1 Å². The van der Waals surface area contributed by atoms with Crippen molar-refractivity contribution in [3.63, 3.8) is 0 Å². The summed E-state index contributed by atoms with van der Waals surface area (Å²) >= 11 is 0. The quantitative estimate of drug-likeness (QED) is 0.862. The van der Waals surface area contributed by atoms with E-state index in [0.717, 1.165) is 19.5 Å². The third-order valence-electron chi connectivity index (χ3n) is 3.89. The molecule has 20 heavy (non-hydrogen) atoms. The SMILES string of the molecule is CCNC(CC)c1ccc(-c2cnn(CC)c2C)cc1. The first-order valence-corrected chi connectivity index (χ1v) is 7.57. The number of rotatable bonds is 6. The van der Waals surface area contributed by atoms with Crippen LogP contribution in [0.2, 0.25) is 0 Å². The molecule has 3 nitrogen and oxygen atoms in total. The molecule has 0 aliphatic carbocycles. The van der Waals surface area contributed by atoms with E-state index in [4.69, 9.17) is 0 Å². The minimum Gasteiger partial charge on any atom is -0.310 e. The van der Waals surface area contributed by atoms with Gasteiger partial charge in [0, 0.05) is 23.8 Å². The van der Waals surface area contributed by atoms with Gasteiger partial charge >= 0.3 is 0 Å². The molecule has 1 atom stereocenters. The largest absolute Gasteiger partial charge is 0.310 e. The molecule has 0 aliphatic rings. The van der Waals surface area contributed by atoms with Crippen molar-refractivity contribution in [1.82, 2.24) is 15.1 Å². The van der Waals surface area contributed by atoms with Crippen LogP contribution in [0.25, 0.3) is 11.1 Å². The zero-order valence-corrected chi connectivity index (χ0v) is 13.0. The minimum atomic E-state index is 0.452. The molecule has 1 aromatic heterocycles. The lowest BCUT2D eigenvalue weighted by Crippen LogP contribution is -2.19. The van der Waals surface area contributed by atoms with Gasteiger partial charge in [-0.25, -0.2) is 0 Å². The first-order valence-electron chi connectivity index (χ1n) is 7.57. The number of hydrogen-bond acceptors (Lipinski definition) is 2. The van der Waals surface area contributed by atoms with Crippen molar-refractivity contribution in [2.24, 2.45) is 0 Å². The van der Waals surface area contributed by atoms with Crippen LogP contribution in [0.1, 0.15) is 44.5 Å². The molecule has 1 aromatic carbocycles. The summed E-state index contributed by atoms with van der Waals surface area (Å²) < 4.78 is 2.04. The van der Waals surface area contributed by atoms with Crippen LogP contribution in [0, 0.1) is 6.92 Å². The molecule has 0 saturated carbocycles. The summed E-state index contributed by atoms with van der Waals surface area (Å²) in [5, 5.41) is 7.93. The fourth-order valence-electron chi connectivity index (χ4n) is 2.69. The molecular weight excluding hydrogens is 246 g/mol. The van der Waals surface area contributed by atoms with Gasteiger partial charge in [0.05, 0.1) is 6.20 Å². The Bertz CT molecular complexity index is 540. The van der Waals surface area contributed by atoms with Crippen molar-refractivity contribution < 1.29 is 0 Å². The van der Waals surface area contributed by atoms with Gasteiger partial charge in [0.25, 0.3) is 0 Å². The molecular formula is C17H25N3. The second-order valence-corrected chi connectivity index (χ2v) is 5.10. The van der Waals surface area contributed by atoms with E-state index in [1.54, 1.807) is 0 Å². The molecule has 2 rings (SSSR count). The fraction of sp³-hybridized carbons (Fsp3) is 0.471. The van der Waals surface area contributed by atoms with Crippen LogP contribution in [0.4, 0.5) is 0 Å². The van der Waals surface area contributed by atoms with Gasteiger partial charge in [0.2, 0.25) is 0 Å². The normalized spacial score (nSPS) is 12.6. The first kappa shape index (κ1) is 14.8. The lowest BCUT2D eigenvalue weighted by Gasteiger charge is -2.16. The summed E-state index contributed by atoms with van der Waals surface area (Å²) in [5.74, 6) is 0. The van der Waals surface area contributed by atoms with Crippen molar-refractivity contribution >= 4 is 0 Å². The Morgan fingerprint density at radius 3 is 2.35 bits per heavy atom. The van der Waals surface area contributed by atoms with Crippen LogP contribution in [0.3, 0.4) is 0 Å². The third-order valence-corrected chi connectivity index (χ3v) is 3.89. The highest BCUT2D eigenvalue weighted by Gasteiger charge is 2.10. The molecule has 0 bridgehead atoms. The van der Waals surface area contributed by atoms with E-state index in [-0.39, 0.29) is 0 Å². The summed E-state index contributed by atoms with van der Waals surface area (Å²) in [4.78, 5) is 0. The van der Waals surface area contributed by atoms with Gasteiger partial charge < -0.3 is 5.32 Å². The molecule has 0 fully saturated rings. The maximum Gasteiger partial charge on any atom is 0.0571 e. The molecule has 0 aliphatic heterocycles. The van der Waals surface area contributed by atoms with E-state index in [9.17, 15) is 0 Å². The Labute approximate surface area is 122 Å². The molecule has 3 heteroatoms. The molecule has 1 unspecified atom stereocenters. The van der Waals surface area contributed by atoms with Crippen LogP contribution >= 0.6 is 0 Å². The van der Waals surface area contributed by atoms with Crippen molar-refractivity contribution in [2.75, 3.05) is 6.54 Å². The topological polar surface area (TPSA) is 29.9 Å². The molecule has 0 amide bonds. The van der Waals surface area contributed by atoms with E-state index in [2.05, 4.69) is 62.4 Å². The second-order valence-electron chi connectivity index (χ2n) is 5.10. The first-order chi connectivity index (χ1) is 9.71. The number of hydrogen-bond donors (Lipinski definition) is 1.